The first kappa shape index (κ1) is 15.9. The highest BCUT2D eigenvalue weighted by Crippen LogP contribution is 2.37. The number of nitrogens with zero attached hydrogens (tertiary/aromatic N) is 1. The van der Waals surface area contributed by atoms with E-state index < -0.39 is 6.10 Å². The third-order valence-electron chi connectivity index (χ3n) is 4.58. The van der Waals surface area contributed by atoms with Crippen LogP contribution < -0.4 is 4.74 Å². The molecule has 3 rings (SSSR count). The summed E-state index contributed by atoms with van der Waals surface area (Å²) in [7, 11) is 0. The summed E-state index contributed by atoms with van der Waals surface area (Å²) in [5.74, 6) is -0.684. The maximum absolute atomic E-state index is 12.8. The molecule has 1 aromatic carbocycles. The molecule has 1 N–H and O–H groups in total. The lowest BCUT2D eigenvalue weighted by Crippen LogP contribution is -2.40. The number of halogens is 1. The van der Waals surface area contributed by atoms with E-state index in [4.69, 9.17) is 4.74 Å². The Morgan fingerprint density at radius 3 is 2.26 bits per heavy atom. The van der Waals surface area contributed by atoms with E-state index in [-0.39, 0.29) is 42.6 Å². The van der Waals surface area contributed by atoms with Crippen LogP contribution >= 0.6 is 0 Å². The highest BCUT2D eigenvalue weighted by Gasteiger charge is 2.48. The second-order valence-electron chi connectivity index (χ2n) is 6.20. The average Bonchev–Trinajstić information content (AvgIpc) is 2.80. The van der Waals surface area contributed by atoms with Crippen LogP contribution in [0.25, 0.3) is 0 Å². The van der Waals surface area contributed by atoms with Crippen LogP contribution in [0, 0.1) is 17.7 Å². The fourth-order valence-electron chi connectivity index (χ4n) is 3.40. The van der Waals surface area contributed by atoms with Crippen molar-refractivity contribution < 1.29 is 23.8 Å². The molecule has 0 spiro atoms. The van der Waals surface area contributed by atoms with E-state index in [0.717, 1.165) is 25.7 Å². The van der Waals surface area contributed by atoms with Crippen LogP contribution in [0.3, 0.4) is 0 Å². The minimum absolute atomic E-state index is 0.0497. The number of aliphatic hydroxyl groups excluding tert-OH is 1. The number of amides is 2. The molecule has 1 saturated heterocycles. The van der Waals surface area contributed by atoms with Gasteiger partial charge in [-0.1, -0.05) is 12.8 Å². The maximum atomic E-state index is 12.8. The largest absolute Gasteiger partial charge is 0.491 e. The van der Waals surface area contributed by atoms with Gasteiger partial charge in [0.15, 0.2) is 0 Å². The van der Waals surface area contributed by atoms with Crippen molar-refractivity contribution in [1.82, 2.24) is 4.90 Å². The summed E-state index contributed by atoms with van der Waals surface area (Å²) < 4.78 is 18.2. The summed E-state index contributed by atoms with van der Waals surface area (Å²) in [5.41, 5.74) is 0. The van der Waals surface area contributed by atoms with Crippen LogP contribution in [0.15, 0.2) is 24.3 Å². The Hall–Kier alpha value is -1.95. The molecule has 1 aromatic rings. The number of hydrogen-bond acceptors (Lipinski definition) is 4. The quantitative estimate of drug-likeness (QED) is 0.839. The Balaban J connectivity index is 1.55. The molecule has 0 aromatic heterocycles. The zero-order valence-corrected chi connectivity index (χ0v) is 12.8. The van der Waals surface area contributed by atoms with Gasteiger partial charge in [-0.05, 0) is 37.1 Å². The maximum Gasteiger partial charge on any atom is 0.233 e. The van der Waals surface area contributed by atoms with Gasteiger partial charge in [0.1, 0.15) is 24.3 Å². The van der Waals surface area contributed by atoms with Gasteiger partial charge in [-0.25, -0.2) is 4.39 Å². The van der Waals surface area contributed by atoms with Crippen molar-refractivity contribution in [3.8, 4) is 5.75 Å². The molecule has 2 fully saturated rings. The standard InChI is InChI=1S/C17H20FNO4/c18-11-5-7-13(8-6-11)23-10-12(20)9-19-16(21)14-3-1-2-4-15(14)17(19)22/h5-8,12,14-15,20H,1-4,9-10H2/t12-,14-,15+/m0/s1. The lowest BCUT2D eigenvalue weighted by atomic mass is 9.81. The first-order valence-electron chi connectivity index (χ1n) is 7.98. The Morgan fingerprint density at radius 2 is 1.70 bits per heavy atom. The smallest absolute Gasteiger partial charge is 0.233 e. The Labute approximate surface area is 134 Å². The van der Waals surface area contributed by atoms with Gasteiger partial charge in [0.05, 0.1) is 18.4 Å². The van der Waals surface area contributed by atoms with Crippen molar-refractivity contribution >= 4 is 11.8 Å². The lowest BCUT2D eigenvalue weighted by molar-refractivity contribution is -0.141. The zero-order chi connectivity index (χ0) is 16.4. The molecule has 0 bridgehead atoms. The third-order valence-corrected chi connectivity index (χ3v) is 4.58. The van der Waals surface area contributed by atoms with Gasteiger partial charge in [0.2, 0.25) is 11.8 Å². The first-order chi connectivity index (χ1) is 11.1. The van der Waals surface area contributed by atoms with E-state index >= 15 is 0 Å². The van der Waals surface area contributed by atoms with E-state index in [1.165, 1.54) is 29.2 Å². The number of rotatable bonds is 5. The van der Waals surface area contributed by atoms with Crippen LogP contribution in [-0.2, 0) is 9.59 Å². The van der Waals surface area contributed by atoms with Crippen molar-refractivity contribution in [2.24, 2.45) is 11.8 Å². The Kier molecular flexibility index (Phi) is 4.61. The highest BCUT2D eigenvalue weighted by atomic mass is 19.1. The zero-order valence-electron chi connectivity index (χ0n) is 12.8. The number of aliphatic hydroxyl groups is 1. The van der Waals surface area contributed by atoms with Crippen LogP contribution in [-0.4, -0.2) is 41.1 Å². The molecule has 2 amide bonds. The van der Waals surface area contributed by atoms with Crippen molar-refractivity contribution in [3.63, 3.8) is 0 Å². The molecule has 1 aliphatic carbocycles. The van der Waals surface area contributed by atoms with Gasteiger partial charge in [-0.15, -0.1) is 0 Å². The van der Waals surface area contributed by atoms with Crippen LogP contribution in [0.4, 0.5) is 4.39 Å². The molecule has 1 heterocycles. The molecule has 2 aliphatic rings. The lowest BCUT2D eigenvalue weighted by Gasteiger charge is -2.19. The highest BCUT2D eigenvalue weighted by molar-refractivity contribution is 6.05. The molecule has 1 aliphatic heterocycles. The molecule has 1 saturated carbocycles. The molecular formula is C17H20FNO4. The van der Waals surface area contributed by atoms with Crippen LogP contribution in [0.2, 0.25) is 0 Å². The van der Waals surface area contributed by atoms with Crippen molar-refractivity contribution in [2.45, 2.75) is 31.8 Å². The van der Waals surface area contributed by atoms with Gasteiger partial charge in [0, 0.05) is 0 Å². The summed E-state index contributed by atoms with van der Waals surface area (Å²) in [6.45, 7) is -0.107. The van der Waals surface area contributed by atoms with Gasteiger partial charge < -0.3 is 9.84 Å². The molecule has 23 heavy (non-hydrogen) atoms. The molecule has 5 nitrogen and oxygen atoms in total. The fourth-order valence-corrected chi connectivity index (χ4v) is 3.40. The summed E-state index contributed by atoms with van der Waals surface area (Å²) in [6.07, 6.45) is 2.50. The first-order valence-corrected chi connectivity index (χ1v) is 7.98. The summed E-state index contributed by atoms with van der Waals surface area (Å²) in [4.78, 5) is 25.8. The average molecular weight is 321 g/mol. The predicted octanol–water partition coefficient (Wildman–Crippen LogP) is 1.74. The summed E-state index contributed by atoms with van der Waals surface area (Å²) >= 11 is 0. The SMILES string of the molecule is O=C1[C@H]2CCCC[C@H]2C(=O)N1C[C@H](O)COc1ccc(F)cc1. The normalized spacial score (nSPS) is 25.4. The predicted molar refractivity (Wildman–Crippen MR) is 80.1 cm³/mol. The van der Waals surface area contributed by atoms with Crippen molar-refractivity contribution in [1.29, 1.82) is 0 Å². The van der Waals surface area contributed by atoms with E-state index in [9.17, 15) is 19.1 Å². The number of carbonyl (C=O) groups excluding carboxylic acids is 2. The summed E-state index contributed by atoms with van der Waals surface area (Å²) in [5, 5.41) is 10.0. The number of hydrogen-bond donors (Lipinski definition) is 1. The molecule has 0 radical (unpaired) electrons. The van der Waals surface area contributed by atoms with E-state index in [1.807, 2.05) is 0 Å². The number of β-amino-alcohol motifs (C(OH)–C–C–N with tert-alkyl or cyclic N) is 1. The minimum atomic E-state index is -0.965. The van der Waals surface area contributed by atoms with E-state index in [0.29, 0.717) is 5.75 Å². The Morgan fingerprint density at radius 1 is 1.13 bits per heavy atom. The topological polar surface area (TPSA) is 66.8 Å². The molecule has 0 unspecified atom stereocenters. The number of likely N-dealkylation sites (tertiary alicyclic amines) is 1. The van der Waals surface area contributed by atoms with Gasteiger partial charge in [0.25, 0.3) is 0 Å². The monoisotopic (exact) mass is 321 g/mol. The number of ether oxygens (including phenoxy) is 1. The van der Waals surface area contributed by atoms with Crippen LogP contribution in [0.1, 0.15) is 25.7 Å². The molecule has 6 heteroatoms. The van der Waals surface area contributed by atoms with Gasteiger partial charge in [-0.3, -0.25) is 14.5 Å². The molecule has 124 valence electrons. The van der Waals surface area contributed by atoms with E-state index in [2.05, 4.69) is 0 Å². The molecular weight excluding hydrogens is 301 g/mol. The van der Waals surface area contributed by atoms with Crippen molar-refractivity contribution in [3.05, 3.63) is 30.1 Å². The van der Waals surface area contributed by atoms with Crippen molar-refractivity contribution in [2.75, 3.05) is 13.2 Å². The summed E-state index contributed by atoms with van der Waals surface area (Å²) in [6, 6.07) is 5.45. The Bertz CT molecular complexity index is 565. The van der Waals surface area contributed by atoms with E-state index in [1.54, 1.807) is 0 Å². The molecule has 3 atom stereocenters. The fraction of sp³-hybridized carbons (Fsp3) is 0.529. The van der Waals surface area contributed by atoms with Crippen LogP contribution in [0.5, 0.6) is 5.75 Å². The van der Waals surface area contributed by atoms with Gasteiger partial charge >= 0.3 is 0 Å². The second-order valence-corrected chi connectivity index (χ2v) is 6.20. The minimum Gasteiger partial charge on any atom is -0.491 e. The second kappa shape index (κ2) is 6.66. The van der Waals surface area contributed by atoms with Gasteiger partial charge in [-0.2, -0.15) is 0 Å². The number of imide groups is 1. The number of carbonyl (C=O) groups is 2. The number of fused-ring (bicyclic) bond motifs is 1. The number of benzene rings is 1. The third kappa shape index (κ3) is 3.37.